The van der Waals surface area contributed by atoms with Gasteiger partial charge in [0.1, 0.15) is 0 Å². The molecule has 0 bridgehead atoms. The monoisotopic (exact) mass is 287 g/mol. The van der Waals surface area contributed by atoms with E-state index in [0.717, 1.165) is 19.6 Å². The molecule has 3 rings (SSSR count). The van der Waals surface area contributed by atoms with E-state index in [1.807, 2.05) is 0 Å². The predicted octanol–water partition coefficient (Wildman–Crippen LogP) is 2.87. The van der Waals surface area contributed by atoms with Gasteiger partial charge in [0.25, 0.3) is 0 Å². The Morgan fingerprint density at radius 3 is 2.90 bits per heavy atom. The summed E-state index contributed by atoms with van der Waals surface area (Å²) in [6, 6.07) is 6.74. The van der Waals surface area contributed by atoms with Crippen LogP contribution in [-0.2, 0) is 13.0 Å². The Hall–Kier alpha value is -1.06. The summed E-state index contributed by atoms with van der Waals surface area (Å²) >= 11 is 0. The van der Waals surface area contributed by atoms with Crippen LogP contribution in [0.3, 0.4) is 0 Å². The first-order chi connectivity index (χ1) is 10.2. The second kappa shape index (κ2) is 6.37. The quantitative estimate of drug-likeness (QED) is 0.891. The molecular weight excluding hydrogens is 258 g/mol. The summed E-state index contributed by atoms with van der Waals surface area (Å²) < 4.78 is 0. The van der Waals surface area contributed by atoms with Crippen molar-refractivity contribution in [2.75, 3.05) is 38.5 Å². The van der Waals surface area contributed by atoms with E-state index in [0.29, 0.717) is 5.41 Å². The lowest BCUT2D eigenvalue weighted by molar-refractivity contribution is 0.137. The van der Waals surface area contributed by atoms with Crippen LogP contribution in [-0.4, -0.2) is 38.1 Å². The normalized spacial score (nSPS) is 21.6. The predicted molar refractivity (Wildman–Crippen MR) is 89.8 cm³/mol. The van der Waals surface area contributed by atoms with Gasteiger partial charge in [-0.3, -0.25) is 0 Å². The van der Waals surface area contributed by atoms with E-state index < -0.39 is 0 Å². The second-order valence-electron chi connectivity index (χ2n) is 7.20. The van der Waals surface area contributed by atoms with Crippen LogP contribution in [0.5, 0.6) is 0 Å². The van der Waals surface area contributed by atoms with Gasteiger partial charge in [0.2, 0.25) is 0 Å². The Bertz CT molecular complexity index is 475. The molecule has 2 heterocycles. The van der Waals surface area contributed by atoms with Gasteiger partial charge in [-0.25, -0.2) is 0 Å². The zero-order chi connectivity index (χ0) is 14.7. The molecule has 1 aromatic rings. The van der Waals surface area contributed by atoms with Crippen LogP contribution in [0, 0.1) is 5.41 Å². The van der Waals surface area contributed by atoms with Crippen LogP contribution in [0.4, 0.5) is 5.69 Å². The number of anilines is 1. The minimum atomic E-state index is 0.467. The number of rotatable bonds is 4. The fourth-order valence-electron chi connectivity index (χ4n) is 3.56. The molecule has 2 N–H and O–H groups in total. The molecule has 0 amide bonds. The van der Waals surface area contributed by atoms with E-state index in [2.05, 4.69) is 47.7 Å². The van der Waals surface area contributed by atoms with Gasteiger partial charge in [-0.05, 0) is 62.4 Å². The SMILES string of the molecule is CN1CCC(C)(CNCc2cccc3c2NCCC3)CC1. The Morgan fingerprint density at radius 1 is 1.29 bits per heavy atom. The van der Waals surface area contributed by atoms with Gasteiger partial charge in [-0.15, -0.1) is 0 Å². The number of hydrogen-bond donors (Lipinski definition) is 2. The average molecular weight is 287 g/mol. The summed E-state index contributed by atoms with van der Waals surface area (Å²) in [6.45, 7) is 8.15. The molecule has 0 radical (unpaired) electrons. The summed E-state index contributed by atoms with van der Waals surface area (Å²) in [5.41, 5.74) is 4.79. The lowest BCUT2D eigenvalue weighted by Gasteiger charge is -2.38. The summed E-state index contributed by atoms with van der Waals surface area (Å²) in [4.78, 5) is 2.44. The van der Waals surface area contributed by atoms with E-state index in [1.165, 1.54) is 55.6 Å². The fraction of sp³-hybridized carbons (Fsp3) is 0.667. The zero-order valence-corrected chi connectivity index (χ0v) is 13.5. The van der Waals surface area contributed by atoms with Crippen molar-refractivity contribution in [2.45, 2.75) is 39.2 Å². The number of nitrogens with zero attached hydrogens (tertiary/aromatic N) is 1. The molecular formula is C18H29N3. The smallest absolute Gasteiger partial charge is 0.0418 e. The summed E-state index contributed by atoms with van der Waals surface area (Å²) in [7, 11) is 2.23. The van der Waals surface area contributed by atoms with Crippen molar-refractivity contribution in [1.82, 2.24) is 10.2 Å². The molecule has 0 saturated carbocycles. The Kier molecular flexibility index (Phi) is 4.51. The van der Waals surface area contributed by atoms with Gasteiger partial charge < -0.3 is 15.5 Å². The van der Waals surface area contributed by atoms with Crippen LogP contribution in [0.2, 0.25) is 0 Å². The number of hydrogen-bond acceptors (Lipinski definition) is 3. The van der Waals surface area contributed by atoms with Gasteiger partial charge in [0.05, 0.1) is 0 Å². The Balaban J connectivity index is 1.56. The number of nitrogens with one attached hydrogen (secondary N) is 2. The number of benzene rings is 1. The van der Waals surface area contributed by atoms with Gasteiger partial charge >= 0.3 is 0 Å². The molecule has 3 heteroatoms. The van der Waals surface area contributed by atoms with E-state index in [-0.39, 0.29) is 0 Å². The largest absolute Gasteiger partial charge is 0.385 e. The molecule has 0 atom stereocenters. The van der Waals surface area contributed by atoms with Crippen LogP contribution in [0.25, 0.3) is 0 Å². The summed E-state index contributed by atoms with van der Waals surface area (Å²) in [6.07, 6.45) is 5.10. The topological polar surface area (TPSA) is 27.3 Å². The second-order valence-corrected chi connectivity index (χ2v) is 7.20. The lowest BCUT2D eigenvalue weighted by atomic mass is 9.80. The highest BCUT2D eigenvalue weighted by Crippen LogP contribution is 2.30. The number of para-hydroxylation sites is 1. The van der Waals surface area contributed by atoms with E-state index in [9.17, 15) is 0 Å². The molecule has 21 heavy (non-hydrogen) atoms. The van der Waals surface area contributed by atoms with Crippen LogP contribution in [0.15, 0.2) is 18.2 Å². The van der Waals surface area contributed by atoms with Crippen molar-refractivity contribution >= 4 is 5.69 Å². The van der Waals surface area contributed by atoms with Crippen molar-refractivity contribution < 1.29 is 0 Å². The maximum Gasteiger partial charge on any atom is 0.0418 e. The van der Waals surface area contributed by atoms with Crippen LogP contribution in [0.1, 0.15) is 37.3 Å². The van der Waals surface area contributed by atoms with Gasteiger partial charge in [0, 0.05) is 25.3 Å². The molecule has 0 unspecified atom stereocenters. The van der Waals surface area contributed by atoms with E-state index in [1.54, 1.807) is 0 Å². The number of piperidine rings is 1. The summed E-state index contributed by atoms with van der Waals surface area (Å²) in [5, 5.41) is 7.31. The standard InChI is InChI=1S/C18H29N3/c1-18(8-11-21(2)12-9-18)14-19-13-16-6-3-5-15-7-4-10-20-17(15)16/h3,5-6,19-20H,4,7-14H2,1-2H3. The molecule has 0 aromatic heterocycles. The van der Waals surface area contributed by atoms with Crippen molar-refractivity contribution in [3.8, 4) is 0 Å². The van der Waals surface area contributed by atoms with Gasteiger partial charge in [-0.1, -0.05) is 25.1 Å². The average Bonchev–Trinajstić information content (AvgIpc) is 2.51. The number of fused-ring (bicyclic) bond motifs is 1. The first-order valence-electron chi connectivity index (χ1n) is 8.40. The third-order valence-corrected chi connectivity index (χ3v) is 5.22. The van der Waals surface area contributed by atoms with Crippen LogP contribution < -0.4 is 10.6 Å². The molecule has 3 nitrogen and oxygen atoms in total. The molecule has 2 aliphatic rings. The fourth-order valence-corrected chi connectivity index (χ4v) is 3.56. The van der Waals surface area contributed by atoms with E-state index >= 15 is 0 Å². The third kappa shape index (κ3) is 3.58. The first-order valence-corrected chi connectivity index (χ1v) is 8.40. The van der Waals surface area contributed by atoms with Crippen molar-refractivity contribution in [2.24, 2.45) is 5.41 Å². The molecule has 2 aliphatic heterocycles. The van der Waals surface area contributed by atoms with Gasteiger partial charge in [-0.2, -0.15) is 0 Å². The van der Waals surface area contributed by atoms with Crippen molar-refractivity contribution in [3.63, 3.8) is 0 Å². The lowest BCUT2D eigenvalue weighted by Crippen LogP contribution is -2.41. The molecule has 0 aliphatic carbocycles. The number of aryl methyl sites for hydroxylation is 1. The molecule has 0 spiro atoms. The first kappa shape index (κ1) is 14.9. The Labute approximate surface area is 129 Å². The molecule has 1 aromatic carbocycles. The molecule has 116 valence electrons. The minimum absolute atomic E-state index is 0.467. The molecule has 1 saturated heterocycles. The zero-order valence-electron chi connectivity index (χ0n) is 13.5. The van der Waals surface area contributed by atoms with Crippen LogP contribution >= 0.6 is 0 Å². The summed E-state index contributed by atoms with van der Waals surface area (Å²) in [5.74, 6) is 0. The van der Waals surface area contributed by atoms with Gasteiger partial charge in [0.15, 0.2) is 0 Å². The maximum absolute atomic E-state index is 3.72. The highest BCUT2D eigenvalue weighted by Gasteiger charge is 2.28. The maximum atomic E-state index is 3.72. The van der Waals surface area contributed by atoms with E-state index in [4.69, 9.17) is 0 Å². The highest BCUT2D eigenvalue weighted by atomic mass is 15.1. The minimum Gasteiger partial charge on any atom is -0.385 e. The molecule has 1 fully saturated rings. The third-order valence-electron chi connectivity index (χ3n) is 5.22. The van der Waals surface area contributed by atoms with Crippen molar-refractivity contribution in [1.29, 1.82) is 0 Å². The number of likely N-dealkylation sites (tertiary alicyclic amines) is 1. The highest BCUT2D eigenvalue weighted by molar-refractivity contribution is 5.59. The van der Waals surface area contributed by atoms with Crippen molar-refractivity contribution in [3.05, 3.63) is 29.3 Å². The Morgan fingerprint density at radius 2 is 2.10 bits per heavy atom.